The molecule has 2 aromatic rings. The topological polar surface area (TPSA) is 139 Å². The summed E-state index contributed by atoms with van der Waals surface area (Å²) in [6.45, 7) is 5.38. The van der Waals surface area contributed by atoms with Crippen LogP contribution in [0.4, 0.5) is 16.2 Å². The Kier molecular flexibility index (Phi) is 8.18. The Morgan fingerprint density at radius 1 is 1.03 bits per heavy atom. The predicted molar refractivity (Wildman–Crippen MR) is 113 cm³/mol. The minimum atomic E-state index is -0.659. The van der Waals surface area contributed by atoms with Gasteiger partial charge in [-0.05, 0) is 32.9 Å². The molecule has 0 bridgehead atoms. The fourth-order valence-electron chi connectivity index (χ4n) is 2.33. The number of aromatic nitrogens is 2. The summed E-state index contributed by atoms with van der Waals surface area (Å²) >= 11 is 0. The molecule has 164 valence electrons. The van der Waals surface area contributed by atoms with Crippen molar-refractivity contribution in [3.05, 3.63) is 48.0 Å². The second-order valence-corrected chi connectivity index (χ2v) is 7.50. The van der Waals surface area contributed by atoms with Crippen LogP contribution in [0.2, 0.25) is 0 Å². The van der Waals surface area contributed by atoms with Crippen LogP contribution in [0.15, 0.2) is 36.7 Å². The van der Waals surface area contributed by atoms with Gasteiger partial charge >= 0.3 is 6.09 Å². The van der Waals surface area contributed by atoms with Gasteiger partial charge in [0.1, 0.15) is 17.6 Å². The van der Waals surface area contributed by atoms with E-state index in [1.807, 2.05) is 0 Å². The van der Waals surface area contributed by atoms with Crippen molar-refractivity contribution in [3.8, 4) is 0 Å². The van der Waals surface area contributed by atoms with Crippen LogP contribution in [0.1, 0.15) is 49.8 Å². The van der Waals surface area contributed by atoms with Crippen molar-refractivity contribution in [2.75, 3.05) is 10.6 Å². The molecule has 3 amide bonds. The lowest BCUT2D eigenvalue weighted by Gasteiger charge is -2.20. The highest BCUT2D eigenvalue weighted by Crippen LogP contribution is 2.22. The first-order chi connectivity index (χ1) is 14.7. The first-order valence-electron chi connectivity index (χ1n) is 9.59. The van der Waals surface area contributed by atoms with Gasteiger partial charge in [0.2, 0.25) is 5.91 Å². The number of hydrogen-bond acceptors (Lipinski definition) is 7. The molecule has 1 aromatic carbocycles. The third-order valence-corrected chi connectivity index (χ3v) is 3.70. The first-order valence-corrected chi connectivity index (χ1v) is 9.59. The van der Waals surface area contributed by atoms with Gasteiger partial charge in [0.15, 0.2) is 0 Å². The number of hydrogen-bond donors (Lipinski definition) is 3. The van der Waals surface area contributed by atoms with Gasteiger partial charge in [-0.25, -0.2) is 9.78 Å². The van der Waals surface area contributed by atoms with Crippen molar-refractivity contribution in [1.82, 2.24) is 15.3 Å². The summed E-state index contributed by atoms with van der Waals surface area (Å²) in [5, 5.41) is 7.89. The molecule has 1 aromatic heterocycles. The van der Waals surface area contributed by atoms with Crippen LogP contribution in [0.3, 0.4) is 0 Å². The number of amides is 3. The quantitative estimate of drug-likeness (QED) is 0.550. The lowest BCUT2D eigenvalue weighted by molar-refractivity contribution is -0.122. The summed E-state index contributed by atoms with van der Waals surface area (Å²) in [4.78, 5) is 54.5. The fraction of sp³-hybridized carbons (Fsp3) is 0.333. The number of nitrogens with zero attached hydrogens (tertiary/aromatic N) is 2. The number of para-hydroxylation sites is 2. The number of benzene rings is 1. The number of carbonyl (C=O) groups is 4. The monoisotopic (exact) mass is 427 g/mol. The molecule has 0 fully saturated rings. The van der Waals surface area contributed by atoms with E-state index in [-0.39, 0.29) is 31.0 Å². The summed E-state index contributed by atoms with van der Waals surface area (Å²) in [6, 6.07) is 6.67. The van der Waals surface area contributed by atoms with Crippen molar-refractivity contribution in [2.45, 2.75) is 45.8 Å². The van der Waals surface area contributed by atoms with Gasteiger partial charge in [0, 0.05) is 12.8 Å². The van der Waals surface area contributed by atoms with Crippen LogP contribution in [-0.4, -0.2) is 39.8 Å². The number of anilines is 2. The number of ether oxygens (including phenoxy) is 1. The zero-order valence-electron chi connectivity index (χ0n) is 17.6. The molecular formula is C21H25N5O5. The van der Waals surface area contributed by atoms with Gasteiger partial charge in [0.25, 0.3) is 5.91 Å². The standard InChI is InChI=1S/C21H25N5O5/c1-21(2,3)31-20(30)26-16-8-5-4-7-15(16)25-19(29)17-13-22-14(11-23-17)12-24-18(28)9-6-10-27/h4-5,7-8,10-11,13H,6,9,12H2,1-3H3,(H,24,28)(H,25,29)(H,26,30). The van der Waals surface area contributed by atoms with Crippen molar-refractivity contribution in [3.63, 3.8) is 0 Å². The highest BCUT2D eigenvalue weighted by Gasteiger charge is 2.18. The highest BCUT2D eigenvalue weighted by atomic mass is 16.6. The van der Waals surface area contributed by atoms with Crippen molar-refractivity contribution in [2.24, 2.45) is 0 Å². The average Bonchev–Trinajstić information content (AvgIpc) is 2.71. The smallest absolute Gasteiger partial charge is 0.412 e. The van der Waals surface area contributed by atoms with E-state index in [1.165, 1.54) is 12.4 Å². The van der Waals surface area contributed by atoms with E-state index in [0.717, 1.165) is 0 Å². The maximum absolute atomic E-state index is 12.5. The molecule has 1 heterocycles. The van der Waals surface area contributed by atoms with Crippen LogP contribution in [0, 0.1) is 0 Å². The number of nitrogens with one attached hydrogen (secondary N) is 3. The molecular weight excluding hydrogens is 402 g/mol. The molecule has 0 spiro atoms. The van der Waals surface area contributed by atoms with E-state index in [0.29, 0.717) is 23.4 Å². The average molecular weight is 427 g/mol. The zero-order chi connectivity index (χ0) is 22.9. The van der Waals surface area contributed by atoms with Crippen LogP contribution in [0.5, 0.6) is 0 Å². The first kappa shape index (κ1) is 23.5. The third-order valence-electron chi connectivity index (χ3n) is 3.70. The van der Waals surface area contributed by atoms with E-state index in [4.69, 9.17) is 4.74 Å². The molecule has 0 radical (unpaired) electrons. The van der Waals surface area contributed by atoms with E-state index in [9.17, 15) is 19.2 Å². The van der Waals surface area contributed by atoms with Gasteiger partial charge in [-0.15, -0.1) is 0 Å². The van der Waals surface area contributed by atoms with Crippen molar-refractivity contribution >= 4 is 35.6 Å². The molecule has 0 aliphatic heterocycles. The molecule has 0 aliphatic rings. The van der Waals surface area contributed by atoms with Crippen LogP contribution < -0.4 is 16.0 Å². The van der Waals surface area contributed by atoms with Gasteiger partial charge in [-0.2, -0.15) is 0 Å². The largest absolute Gasteiger partial charge is 0.444 e. The Labute approximate surface area is 179 Å². The lowest BCUT2D eigenvalue weighted by atomic mass is 10.2. The minimum absolute atomic E-state index is 0.0584. The molecule has 0 saturated heterocycles. The fourth-order valence-corrected chi connectivity index (χ4v) is 2.33. The van der Waals surface area contributed by atoms with Gasteiger partial charge < -0.3 is 20.2 Å². The van der Waals surface area contributed by atoms with E-state index in [2.05, 4.69) is 25.9 Å². The van der Waals surface area contributed by atoms with Gasteiger partial charge in [-0.3, -0.25) is 19.9 Å². The van der Waals surface area contributed by atoms with Crippen LogP contribution >= 0.6 is 0 Å². The Morgan fingerprint density at radius 3 is 2.29 bits per heavy atom. The Bertz CT molecular complexity index is 938. The summed E-state index contributed by atoms with van der Waals surface area (Å²) in [5.74, 6) is -0.794. The van der Waals surface area contributed by atoms with E-state index in [1.54, 1.807) is 45.0 Å². The number of aldehydes is 1. The number of carbonyl (C=O) groups excluding carboxylic acids is 4. The number of rotatable bonds is 8. The lowest BCUT2D eigenvalue weighted by Crippen LogP contribution is -2.27. The van der Waals surface area contributed by atoms with Crippen LogP contribution in [0.25, 0.3) is 0 Å². The Hall–Kier alpha value is -3.82. The predicted octanol–water partition coefficient (Wildman–Crippen LogP) is 2.67. The van der Waals surface area contributed by atoms with Crippen molar-refractivity contribution in [1.29, 1.82) is 0 Å². The SMILES string of the molecule is CC(C)(C)OC(=O)Nc1ccccc1NC(=O)c1cnc(CNC(=O)CCC=O)cn1. The zero-order valence-corrected chi connectivity index (χ0v) is 17.6. The molecule has 10 heteroatoms. The summed E-state index contributed by atoms with van der Waals surface area (Å²) < 4.78 is 5.23. The Balaban J connectivity index is 1.98. The molecule has 10 nitrogen and oxygen atoms in total. The van der Waals surface area contributed by atoms with Gasteiger partial charge in [0.05, 0.1) is 36.0 Å². The van der Waals surface area contributed by atoms with Crippen LogP contribution in [-0.2, 0) is 20.9 Å². The summed E-state index contributed by atoms with van der Waals surface area (Å²) in [6.07, 6.45) is 2.95. The maximum Gasteiger partial charge on any atom is 0.412 e. The molecule has 0 unspecified atom stereocenters. The van der Waals surface area contributed by atoms with E-state index < -0.39 is 17.6 Å². The van der Waals surface area contributed by atoms with Gasteiger partial charge in [-0.1, -0.05) is 12.1 Å². The normalized spacial score (nSPS) is 10.7. The van der Waals surface area contributed by atoms with Crippen molar-refractivity contribution < 1.29 is 23.9 Å². The maximum atomic E-state index is 12.5. The molecule has 0 atom stereocenters. The summed E-state index contributed by atoms with van der Waals surface area (Å²) in [7, 11) is 0. The molecule has 0 aliphatic carbocycles. The second-order valence-electron chi connectivity index (χ2n) is 7.50. The second kappa shape index (κ2) is 10.8. The minimum Gasteiger partial charge on any atom is -0.444 e. The summed E-state index contributed by atoms with van der Waals surface area (Å²) in [5.41, 5.74) is 0.596. The highest BCUT2D eigenvalue weighted by molar-refractivity contribution is 6.05. The molecule has 31 heavy (non-hydrogen) atoms. The third kappa shape index (κ3) is 8.21. The molecule has 0 saturated carbocycles. The Morgan fingerprint density at radius 2 is 1.71 bits per heavy atom. The molecule has 3 N–H and O–H groups in total. The molecule has 2 rings (SSSR count). The van der Waals surface area contributed by atoms with E-state index >= 15 is 0 Å².